The van der Waals surface area contributed by atoms with Crippen molar-refractivity contribution in [3.05, 3.63) is 203 Å². The van der Waals surface area contributed by atoms with Crippen molar-refractivity contribution in [2.75, 3.05) is 14.7 Å². The molecule has 1 saturated heterocycles. The molecule has 4 aliphatic rings. The monoisotopic (exact) mass is 970 g/mol. The van der Waals surface area contributed by atoms with Gasteiger partial charge in [0.2, 0.25) is 0 Å². The van der Waals surface area contributed by atoms with Gasteiger partial charge in [0, 0.05) is 39.3 Å². The first kappa shape index (κ1) is 45.6. The molecular formula is C63H51N6O3P. The first-order valence-corrected chi connectivity index (χ1v) is 26.5. The topological polar surface area (TPSA) is 117 Å². The van der Waals surface area contributed by atoms with Gasteiger partial charge in [0.25, 0.3) is 0 Å². The van der Waals surface area contributed by atoms with Gasteiger partial charge in [-0.2, -0.15) is 15.8 Å². The minimum absolute atomic E-state index is 0.235. The van der Waals surface area contributed by atoms with E-state index in [1.54, 1.807) is 24.3 Å². The Morgan fingerprint density at radius 1 is 0.493 bits per heavy atom. The third-order valence-electron chi connectivity index (χ3n) is 15.0. The zero-order valence-corrected chi connectivity index (χ0v) is 42.4. The molecule has 2 atom stereocenters. The van der Waals surface area contributed by atoms with Crippen molar-refractivity contribution in [3.63, 3.8) is 0 Å². The number of rotatable bonds is 6. The van der Waals surface area contributed by atoms with Crippen molar-refractivity contribution < 1.29 is 14.0 Å². The number of ether oxygens (including phenoxy) is 2. The maximum absolute atomic E-state index is 17.6. The quantitative estimate of drug-likeness (QED) is 0.150. The lowest BCUT2D eigenvalue weighted by molar-refractivity contribution is 0.471. The highest BCUT2D eigenvalue weighted by Gasteiger charge is 2.54. The highest BCUT2D eigenvalue weighted by molar-refractivity contribution is 7.85. The number of para-hydroxylation sites is 1. The first-order valence-electron chi connectivity index (χ1n) is 24.8. The van der Waals surface area contributed by atoms with E-state index in [-0.39, 0.29) is 28.5 Å². The van der Waals surface area contributed by atoms with E-state index in [0.29, 0.717) is 72.8 Å². The molecule has 0 N–H and O–H groups in total. The molecule has 0 saturated carbocycles. The second-order valence-corrected chi connectivity index (χ2v) is 24.0. The summed E-state index contributed by atoms with van der Waals surface area (Å²) in [7, 11) is -3.97. The van der Waals surface area contributed by atoms with E-state index in [0.717, 1.165) is 52.2 Å². The number of anilines is 7. The second-order valence-electron chi connectivity index (χ2n) is 21.3. The van der Waals surface area contributed by atoms with E-state index in [4.69, 9.17) is 9.47 Å². The van der Waals surface area contributed by atoms with Gasteiger partial charge in [0.1, 0.15) is 6.07 Å². The Labute approximate surface area is 426 Å². The molecule has 73 heavy (non-hydrogen) atoms. The number of nitrogens with zero attached hydrogens (tertiary/aromatic N) is 6. The fourth-order valence-corrected chi connectivity index (χ4v) is 14.6. The fraction of sp³-hybridized carbons (Fsp3) is 0.190. The molecule has 0 radical (unpaired) electrons. The fourth-order valence-electron chi connectivity index (χ4n) is 11.5. The van der Waals surface area contributed by atoms with Crippen LogP contribution in [-0.4, -0.2) is 0 Å². The summed E-state index contributed by atoms with van der Waals surface area (Å²) >= 11 is 0. The van der Waals surface area contributed by atoms with Crippen molar-refractivity contribution in [1.29, 1.82) is 15.8 Å². The molecule has 0 aromatic heterocycles. The zero-order chi connectivity index (χ0) is 50.6. The summed E-state index contributed by atoms with van der Waals surface area (Å²) in [5, 5.41) is 35.0. The Hall–Kier alpha value is -8.54. The Morgan fingerprint density at radius 2 is 0.904 bits per heavy atom. The lowest BCUT2D eigenvalue weighted by atomic mass is 9.85. The van der Waals surface area contributed by atoms with Crippen LogP contribution in [0.2, 0.25) is 0 Å². The summed E-state index contributed by atoms with van der Waals surface area (Å²) in [5.74, 6) is 2.06. The number of fused-ring (bicyclic) bond motifs is 9. The summed E-state index contributed by atoms with van der Waals surface area (Å²) in [5.41, 5.74) is 9.47. The highest BCUT2D eigenvalue weighted by Crippen LogP contribution is 2.67. The van der Waals surface area contributed by atoms with Gasteiger partial charge in [-0.05, 0) is 101 Å². The van der Waals surface area contributed by atoms with Crippen LogP contribution in [0.5, 0.6) is 23.0 Å². The van der Waals surface area contributed by atoms with Crippen molar-refractivity contribution in [2.24, 2.45) is 0 Å². The van der Waals surface area contributed by atoms with Crippen molar-refractivity contribution in [2.45, 2.75) is 77.3 Å². The average Bonchev–Trinajstić information content (AvgIpc) is 3.98. The van der Waals surface area contributed by atoms with Gasteiger partial charge >= 0.3 is 0 Å². The van der Waals surface area contributed by atoms with Crippen LogP contribution in [0.3, 0.4) is 0 Å². The predicted molar refractivity (Wildman–Crippen MR) is 291 cm³/mol. The van der Waals surface area contributed by atoms with E-state index < -0.39 is 7.14 Å². The standard InChI is InChI=1S/C63H51N6O3P/c1-62(2,3)41-24-28-49-55(34-41)71-53-32-39(36-64)22-26-47(53)68(49)59-46(38-66)61(73(70,44-18-12-8-13-19-44)45-20-14-9-15-21-45)58-52-31-30-51(67(52)43-16-10-7-11-17-43)57(58)60(59)69-48-27-23-40(37-65)33-54(48)72-56-35-42(63(4,5)6)25-29-50(56)69/h7-29,32-35,51-52H,30-31H2,1-6H3. The molecule has 1 fully saturated rings. The van der Waals surface area contributed by atoms with Gasteiger partial charge in [0.15, 0.2) is 30.1 Å². The second kappa shape index (κ2) is 16.8. The van der Waals surface area contributed by atoms with Crippen molar-refractivity contribution in [1.82, 2.24) is 0 Å². The van der Waals surface area contributed by atoms with Crippen LogP contribution in [0.15, 0.2) is 164 Å². The molecule has 2 unspecified atom stereocenters. The van der Waals surface area contributed by atoms with E-state index in [2.05, 4.69) is 135 Å². The maximum Gasteiger partial charge on any atom is 0.172 e. The lowest BCUT2D eigenvalue weighted by Gasteiger charge is -2.42. The van der Waals surface area contributed by atoms with Crippen LogP contribution in [-0.2, 0) is 15.4 Å². The molecule has 4 heterocycles. The molecule has 0 amide bonds. The molecule has 8 aromatic rings. The van der Waals surface area contributed by atoms with E-state index >= 15 is 4.57 Å². The zero-order valence-electron chi connectivity index (χ0n) is 41.5. The van der Waals surface area contributed by atoms with Gasteiger partial charge in [-0.25, -0.2) is 0 Å². The molecule has 10 heteroatoms. The average molecular weight is 971 g/mol. The van der Waals surface area contributed by atoms with E-state index in [1.165, 1.54) is 0 Å². The van der Waals surface area contributed by atoms with Crippen LogP contribution in [0.1, 0.15) is 105 Å². The SMILES string of the molecule is CC(C)(C)c1ccc2c(c1)Oc1cc(C#N)ccc1N2c1c(C#N)c(P(=O)(c2ccccc2)c2ccccc2)c2c(c1N1c3ccc(C#N)cc3Oc3cc(C(C)(C)C)ccc31)C1CCC2N1c1ccccc1. The Kier molecular flexibility index (Phi) is 10.5. The van der Waals surface area contributed by atoms with Crippen LogP contribution >= 0.6 is 7.14 Å². The Balaban J connectivity index is 1.32. The molecule has 0 spiro atoms. The molecule has 356 valence electrons. The first-order chi connectivity index (χ1) is 35.2. The largest absolute Gasteiger partial charge is 0.453 e. The molecule has 12 rings (SSSR count). The normalized spacial score (nSPS) is 16.1. The van der Waals surface area contributed by atoms with Crippen LogP contribution < -0.4 is 40.1 Å². The van der Waals surface area contributed by atoms with Crippen LogP contribution in [0.4, 0.5) is 39.8 Å². The van der Waals surface area contributed by atoms with E-state index in [9.17, 15) is 15.8 Å². The molecule has 2 bridgehead atoms. The number of nitriles is 3. The van der Waals surface area contributed by atoms with Gasteiger partial charge in [-0.1, -0.05) is 133 Å². The van der Waals surface area contributed by atoms with Gasteiger partial charge in [0.05, 0.1) is 75.0 Å². The van der Waals surface area contributed by atoms with Gasteiger partial charge < -0.3 is 28.7 Å². The smallest absolute Gasteiger partial charge is 0.172 e. The van der Waals surface area contributed by atoms with Crippen molar-refractivity contribution in [3.8, 4) is 41.2 Å². The Bertz CT molecular complexity index is 3720. The van der Waals surface area contributed by atoms with Crippen LogP contribution in [0.25, 0.3) is 0 Å². The molecule has 8 aromatic carbocycles. The third-order valence-corrected chi connectivity index (χ3v) is 18.1. The summed E-state index contributed by atoms with van der Waals surface area (Å²) in [6.45, 7) is 13.0. The summed E-state index contributed by atoms with van der Waals surface area (Å²) in [6, 6.07) is 60.2. The minimum atomic E-state index is -3.97. The van der Waals surface area contributed by atoms with E-state index in [1.807, 2.05) is 78.9 Å². The minimum Gasteiger partial charge on any atom is -0.453 e. The number of hydrogen-bond donors (Lipinski definition) is 0. The predicted octanol–water partition coefficient (Wildman–Crippen LogP) is 15.1. The third kappa shape index (κ3) is 7.04. The van der Waals surface area contributed by atoms with Crippen LogP contribution in [0, 0.1) is 34.0 Å². The molecule has 0 aliphatic carbocycles. The summed E-state index contributed by atoms with van der Waals surface area (Å²) in [6.07, 6.45) is 1.54. The highest BCUT2D eigenvalue weighted by atomic mass is 31.2. The van der Waals surface area contributed by atoms with Crippen molar-refractivity contribution >= 4 is 62.9 Å². The maximum atomic E-state index is 17.6. The summed E-state index contributed by atoms with van der Waals surface area (Å²) in [4.78, 5) is 6.81. The molecular weight excluding hydrogens is 920 g/mol. The van der Waals surface area contributed by atoms with Gasteiger partial charge in [-0.15, -0.1) is 0 Å². The van der Waals surface area contributed by atoms with Gasteiger partial charge in [-0.3, -0.25) is 0 Å². The molecule has 9 nitrogen and oxygen atoms in total. The Morgan fingerprint density at radius 3 is 1.34 bits per heavy atom. The molecule has 4 aliphatic heterocycles. The number of benzene rings is 8. The summed E-state index contributed by atoms with van der Waals surface area (Å²) < 4.78 is 31.4. The number of hydrogen-bond acceptors (Lipinski definition) is 9. The lowest BCUT2D eigenvalue weighted by Crippen LogP contribution is -2.34.